The third kappa shape index (κ3) is 1.34. The van der Waals surface area contributed by atoms with Gasteiger partial charge in [0.1, 0.15) is 0 Å². The lowest BCUT2D eigenvalue weighted by Crippen LogP contribution is -2.30. The Labute approximate surface area is 50.8 Å². The van der Waals surface area contributed by atoms with Gasteiger partial charge >= 0.3 is 0 Å². The maximum Gasteiger partial charge on any atom is 0.0164 e. The topological polar surface area (TPSA) is 12.0 Å². The highest BCUT2D eigenvalue weighted by molar-refractivity contribution is 5.05. The molecule has 0 saturated heterocycles. The van der Waals surface area contributed by atoms with E-state index in [1.165, 1.54) is 12.0 Å². The molecule has 1 nitrogen and oxygen atoms in total. The fraction of sp³-hybridized carbons (Fsp3) is 0.714. The predicted molar refractivity (Wildman–Crippen MR) is 35.8 cm³/mol. The normalized spacial score (nSPS) is 29.8. The molecule has 0 saturated carbocycles. The van der Waals surface area contributed by atoms with Gasteiger partial charge in [-0.25, -0.2) is 0 Å². The average molecular weight is 111 g/mol. The van der Waals surface area contributed by atoms with Gasteiger partial charge in [0.2, 0.25) is 0 Å². The highest BCUT2D eigenvalue weighted by atomic mass is 14.9. The first kappa shape index (κ1) is 5.83. The van der Waals surface area contributed by atoms with Crippen molar-refractivity contribution in [2.45, 2.75) is 26.3 Å². The molecule has 0 aromatic carbocycles. The van der Waals surface area contributed by atoms with Crippen molar-refractivity contribution in [1.82, 2.24) is 5.32 Å². The van der Waals surface area contributed by atoms with E-state index in [-0.39, 0.29) is 0 Å². The van der Waals surface area contributed by atoms with Gasteiger partial charge in [-0.15, -0.1) is 0 Å². The smallest absolute Gasteiger partial charge is 0.0164 e. The molecular formula is C7H13N. The molecule has 8 heavy (non-hydrogen) atoms. The number of nitrogens with one attached hydrogen (secondary N) is 1. The summed E-state index contributed by atoms with van der Waals surface area (Å²) in [5, 5.41) is 3.36. The minimum atomic E-state index is 0.693. The van der Waals surface area contributed by atoms with Crippen molar-refractivity contribution in [3.8, 4) is 0 Å². The summed E-state index contributed by atoms with van der Waals surface area (Å²) in [6.45, 7) is 5.46. The quantitative estimate of drug-likeness (QED) is 0.465. The maximum atomic E-state index is 3.36. The van der Waals surface area contributed by atoms with Crippen molar-refractivity contribution in [2.24, 2.45) is 0 Å². The molecular weight excluding hydrogens is 98.1 g/mol. The first-order chi connectivity index (χ1) is 3.79. The number of hydrogen-bond donors (Lipinski definition) is 1. The van der Waals surface area contributed by atoms with Gasteiger partial charge in [0.05, 0.1) is 0 Å². The summed E-state index contributed by atoms with van der Waals surface area (Å²) in [5.74, 6) is 0. The van der Waals surface area contributed by atoms with Crippen LogP contribution in [0.5, 0.6) is 0 Å². The zero-order chi connectivity index (χ0) is 5.98. The van der Waals surface area contributed by atoms with Crippen molar-refractivity contribution in [2.75, 3.05) is 6.54 Å². The van der Waals surface area contributed by atoms with Crippen LogP contribution in [0.4, 0.5) is 0 Å². The van der Waals surface area contributed by atoms with Crippen molar-refractivity contribution in [3.63, 3.8) is 0 Å². The summed E-state index contributed by atoms with van der Waals surface area (Å²) in [6, 6.07) is 0.693. The first-order valence-electron chi connectivity index (χ1n) is 3.18. The summed E-state index contributed by atoms with van der Waals surface area (Å²) < 4.78 is 0. The third-order valence-electron chi connectivity index (χ3n) is 1.55. The Morgan fingerprint density at radius 3 is 2.88 bits per heavy atom. The molecule has 1 aliphatic heterocycles. The van der Waals surface area contributed by atoms with Crippen molar-refractivity contribution < 1.29 is 0 Å². The van der Waals surface area contributed by atoms with Crippen molar-refractivity contribution >= 4 is 0 Å². The van der Waals surface area contributed by atoms with E-state index in [1.807, 2.05) is 0 Å². The van der Waals surface area contributed by atoms with Gasteiger partial charge in [0, 0.05) is 12.6 Å². The van der Waals surface area contributed by atoms with Gasteiger partial charge in [-0.3, -0.25) is 0 Å². The van der Waals surface area contributed by atoms with E-state index in [9.17, 15) is 0 Å². The number of rotatable bonds is 0. The van der Waals surface area contributed by atoms with Crippen LogP contribution in [0.2, 0.25) is 0 Å². The van der Waals surface area contributed by atoms with Gasteiger partial charge in [0.15, 0.2) is 0 Å². The Morgan fingerprint density at radius 1 is 1.75 bits per heavy atom. The molecule has 1 atom stereocenters. The third-order valence-corrected chi connectivity index (χ3v) is 1.55. The predicted octanol–water partition coefficient (Wildman–Crippen LogP) is 1.31. The molecule has 0 spiro atoms. The lowest BCUT2D eigenvalue weighted by atomic mass is 10.1. The molecule has 1 heterocycles. The summed E-state index contributed by atoms with van der Waals surface area (Å²) in [5.41, 5.74) is 1.48. The SMILES string of the molecule is CC1=CC[C@@H](C)NC1. The Bertz CT molecular complexity index is 105. The molecule has 0 bridgehead atoms. The van der Waals surface area contributed by atoms with E-state index in [0.717, 1.165) is 6.54 Å². The lowest BCUT2D eigenvalue weighted by Gasteiger charge is -2.17. The molecule has 46 valence electrons. The molecule has 0 radical (unpaired) electrons. The van der Waals surface area contributed by atoms with Gasteiger partial charge in [-0.2, -0.15) is 0 Å². The Hall–Kier alpha value is -0.300. The molecule has 0 fully saturated rings. The molecule has 0 unspecified atom stereocenters. The molecule has 1 heteroatoms. The van der Waals surface area contributed by atoms with E-state index in [0.29, 0.717) is 6.04 Å². The minimum absolute atomic E-state index is 0.693. The molecule has 0 aliphatic carbocycles. The van der Waals surface area contributed by atoms with E-state index in [4.69, 9.17) is 0 Å². The maximum absolute atomic E-state index is 3.36. The van der Waals surface area contributed by atoms with Crippen LogP contribution in [-0.2, 0) is 0 Å². The fourth-order valence-electron chi connectivity index (χ4n) is 0.869. The van der Waals surface area contributed by atoms with Crippen LogP contribution >= 0.6 is 0 Å². The van der Waals surface area contributed by atoms with Gasteiger partial charge in [-0.1, -0.05) is 11.6 Å². The van der Waals surface area contributed by atoms with Gasteiger partial charge in [-0.05, 0) is 20.3 Å². The van der Waals surface area contributed by atoms with E-state index < -0.39 is 0 Å². The van der Waals surface area contributed by atoms with E-state index >= 15 is 0 Å². The van der Waals surface area contributed by atoms with Crippen LogP contribution in [0.1, 0.15) is 20.3 Å². The van der Waals surface area contributed by atoms with Crippen LogP contribution in [0, 0.1) is 0 Å². The van der Waals surface area contributed by atoms with Crippen LogP contribution in [0.3, 0.4) is 0 Å². The molecule has 1 aliphatic rings. The second-order valence-corrected chi connectivity index (χ2v) is 2.57. The van der Waals surface area contributed by atoms with Crippen molar-refractivity contribution in [3.05, 3.63) is 11.6 Å². The fourth-order valence-corrected chi connectivity index (χ4v) is 0.869. The average Bonchev–Trinajstić information content (AvgIpc) is 1.77. The standard InChI is InChI=1S/C7H13N/c1-6-3-4-7(2)8-5-6/h3,7-8H,4-5H2,1-2H3/t7-/m1/s1. The monoisotopic (exact) mass is 111 g/mol. The summed E-state index contributed by atoms with van der Waals surface area (Å²) in [4.78, 5) is 0. The van der Waals surface area contributed by atoms with E-state index in [1.54, 1.807) is 0 Å². The molecule has 1 rings (SSSR count). The van der Waals surface area contributed by atoms with Crippen LogP contribution < -0.4 is 5.32 Å². The van der Waals surface area contributed by atoms with Gasteiger partial charge < -0.3 is 5.32 Å². The summed E-state index contributed by atoms with van der Waals surface area (Å²) >= 11 is 0. The second kappa shape index (κ2) is 2.31. The molecule has 0 aromatic rings. The second-order valence-electron chi connectivity index (χ2n) is 2.57. The zero-order valence-corrected chi connectivity index (χ0v) is 5.57. The lowest BCUT2D eigenvalue weighted by molar-refractivity contribution is 0.556. The Morgan fingerprint density at radius 2 is 2.50 bits per heavy atom. The summed E-state index contributed by atoms with van der Waals surface area (Å²) in [7, 11) is 0. The van der Waals surface area contributed by atoms with Crippen LogP contribution in [-0.4, -0.2) is 12.6 Å². The highest BCUT2D eigenvalue weighted by Crippen LogP contribution is 2.03. The minimum Gasteiger partial charge on any atom is -0.310 e. The first-order valence-corrected chi connectivity index (χ1v) is 3.18. The number of hydrogen-bond acceptors (Lipinski definition) is 1. The summed E-state index contributed by atoms with van der Waals surface area (Å²) in [6.07, 6.45) is 3.51. The molecule has 1 N–H and O–H groups in total. The highest BCUT2D eigenvalue weighted by Gasteiger charge is 2.03. The zero-order valence-electron chi connectivity index (χ0n) is 5.57. The van der Waals surface area contributed by atoms with Crippen LogP contribution in [0.15, 0.2) is 11.6 Å². The van der Waals surface area contributed by atoms with Crippen molar-refractivity contribution in [1.29, 1.82) is 0 Å². The van der Waals surface area contributed by atoms with Crippen LogP contribution in [0.25, 0.3) is 0 Å². The molecule has 0 aromatic heterocycles. The van der Waals surface area contributed by atoms with E-state index in [2.05, 4.69) is 25.2 Å². The molecule has 0 amide bonds. The Balaban J connectivity index is 2.42. The Kier molecular flexibility index (Phi) is 1.69. The largest absolute Gasteiger partial charge is 0.310 e. The van der Waals surface area contributed by atoms with Gasteiger partial charge in [0.25, 0.3) is 0 Å².